The first-order valence-corrected chi connectivity index (χ1v) is 6.54. The third-order valence-corrected chi connectivity index (χ3v) is 3.09. The molecule has 19 heavy (non-hydrogen) atoms. The van der Waals surface area contributed by atoms with E-state index in [-0.39, 0.29) is 11.9 Å². The van der Waals surface area contributed by atoms with Crippen LogP contribution in [-0.2, 0) is 16.6 Å². The molecule has 1 atom stereocenters. The summed E-state index contributed by atoms with van der Waals surface area (Å²) in [5.74, 6) is 0.619. The molecule has 7 heteroatoms. The average Bonchev–Trinajstić information content (AvgIpc) is 2.75. The molecule has 1 aromatic rings. The molecule has 106 valence electrons. The Kier molecular flexibility index (Phi) is 4.26. The van der Waals surface area contributed by atoms with Crippen LogP contribution in [0.4, 0.5) is 11.5 Å². The normalized spacial score (nSPS) is 19.5. The lowest BCUT2D eigenvalue weighted by Crippen LogP contribution is -2.54. The highest BCUT2D eigenvalue weighted by molar-refractivity contribution is 5.86. The molecule has 1 aliphatic heterocycles. The smallest absolute Gasteiger partial charge is 0.245 e. The van der Waals surface area contributed by atoms with Gasteiger partial charge in [-0.25, -0.2) is 0 Å². The van der Waals surface area contributed by atoms with E-state index in [0.717, 1.165) is 6.42 Å². The van der Waals surface area contributed by atoms with Crippen LogP contribution in [0.1, 0.15) is 13.3 Å². The van der Waals surface area contributed by atoms with Crippen molar-refractivity contribution in [3.63, 3.8) is 0 Å². The number of aromatic nitrogens is 2. The Bertz CT molecular complexity index is 445. The Morgan fingerprint density at radius 1 is 1.68 bits per heavy atom. The monoisotopic (exact) mass is 267 g/mol. The van der Waals surface area contributed by atoms with Crippen molar-refractivity contribution in [3.8, 4) is 0 Å². The molecular formula is C12H21N5O2. The Hall–Kier alpha value is -1.76. The largest absolute Gasteiger partial charge is 0.394 e. The summed E-state index contributed by atoms with van der Waals surface area (Å²) in [6, 6.07) is -0.363. The van der Waals surface area contributed by atoms with Gasteiger partial charge >= 0.3 is 0 Å². The molecule has 0 aromatic carbocycles. The maximum Gasteiger partial charge on any atom is 0.245 e. The van der Waals surface area contributed by atoms with Crippen molar-refractivity contribution < 1.29 is 9.53 Å². The van der Waals surface area contributed by atoms with Crippen molar-refractivity contribution in [2.45, 2.75) is 19.4 Å². The molecule has 2 heterocycles. The zero-order valence-electron chi connectivity index (χ0n) is 11.4. The number of nitrogens with zero attached hydrogens (tertiary/aromatic N) is 3. The minimum atomic E-state index is -0.363. The van der Waals surface area contributed by atoms with Gasteiger partial charge in [-0.15, -0.1) is 0 Å². The summed E-state index contributed by atoms with van der Waals surface area (Å²) in [6.07, 6.45) is 2.65. The van der Waals surface area contributed by atoms with Gasteiger partial charge in [0.25, 0.3) is 0 Å². The number of amides is 1. The fourth-order valence-electron chi connectivity index (χ4n) is 2.16. The standard InChI is InChI=1S/C12H21N5O2/c1-3-4-14-12(18)10-8-19-6-5-17(10)11-9(13)7-16(2)15-11/h7,10H,3-6,8,13H2,1-2H3,(H,14,18). The molecule has 1 saturated heterocycles. The van der Waals surface area contributed by atoms with E-state index < -0.39 is 0 Å². The number of ether oxygens (including phenoxy) is 1. The molecule has 0 bridgehead atoms. The van der Waals surface area contributed by atoms with Crippen LogP contribution in [-0.4, -0.2) is 48.0 Å². The lowest BCUT2D eigenvalue weighted by atomic mass is 10.2. The predicted octanol–water partition coefficient (Wildman–Crippen LogP) is -0.266. The fraction of sp³-hybridized carbons (Fsp3) is 0.667. The SMILES string of the molecule is CCCNC(=O)C1COCCN1c1nn(C)cc1N. The predicted molar refractivity (Wildman–Crippen MR) is 72.9 cm³/mol. The van der Waals surface area contributed by atoms with Crippen LogP contribution in [0.15, 0.2) is 6.20 Å². The molecule has 1 fully saturated rings. The number of hydrogen-bond donors (Lipinski definition) is 2. The lowest BCUT2D eigenvalue weighted by Gasteiger charge is -2.34. The van der Waals surface area contributed by atoms with Gasteiger partial charge in [-0.05, 0) is 6.42 Å². The third kappa shape index (κ3) is 2.98. The minimum Gasteiger partial charge on any atom is -0.394 e. The molecule has 0 saturated carbocycles. The third-order valence-electron chi connectivity index (χ3n) is 3.09. The Balaban J connectivity index is 2.16. The summed E-state index contributed by atoms with van der Waals surface area (Å²) < 4.78 is 7.06. The summed E-state index contributed by atoms with van der Waals surface area (Å²) in [6.45, 7) is 4.25. The van der Waals surface area contributed by atoms with E-state index in [9.17, 15) is 4.79 Å². The molecule has 2 rings (SSSR count). The van der Waals surface area contributed by atoms with E-state index in [4.69, 9.17) is 10.5 Å². The molecule has 0 spiro atoms. The van der Waals surface area contributed by atoms with Gasteiger partial charge in [0.2, 0.25) is 5.91 Å². The van der Waals surface area contributed by atoms with E-state index in [2.05, 4.69) is 10.4 Å². The first kappa shape index (κ1) is 13.7. The van der Waals surface area contributed by atoms with Gasteiger partial charge in [0.1, 0.15) is 6.04 Å². The van der Waals surface area contributed by atoms with Crippen molar-refractivity contribution >= 4 is 17.4 Å². The quantitative estimate of drug-likeness (QED) is 0.784. The van der Waals surface area contributed by atoms with Crippen molar-refractivity contribution in [3.05, 3.63) is 6.20 Å². The van der Waals surface area contributed by atoms with Crippen molar-refractivity contribution in [1.82, 2.24) is 15.1 Å². The summed E-state index contributed by atoms with van der Waals surface area (Å²) in [4.78, 5) is 14.1. The van der Waals surface area contributed by atoms with Crippen LogP contribution in [0, 0.1) is 0 Å². The number of hydrogen-bond acceptors (Lipinski definition) is 5. The topological polar surface area (TPSA) is 85.4 Å². The minimum absolute atomic E-state index is 0.0356. The number of nitrogen functional groups attached to an aromatic ring is 1. The second-order valence-corrected chi connectivity index (χ2v) is 4.66. The Morgan fingerprint density at radius 2 is 2.47 bits per heavy atom. The number of carbonyl (C=O) groups is 1. The van der Waals surface area contributed by atoms with E-state index in [1.807, 2.05) is 18.9 Å². The number of carbonyl (C=O) groups excluding carboxylic acids is 1. The average molecular weight is 267 g/mol. The zero-order chi connectivity index (χ0) is 13.8. The summed E-state index contributed by atoms with van der Waals surface area (Å²) in [5, 5.41) is 7.22. The maximum absolute atomic E-state index is 12.2. The van der Waals surface area contributed by atoms with Gasteiger partial charge < -0.3 is 20.7 Å². The Morgan fingerprint density at radius 3 is 3.11 bits per heavy atom. The molecule has 7 nitrogen and oxygen atoms in total. The van der Waals surface area contributed by atoms with Gasteiger partial charge in [-0.2, -0.15) is 5.10 Å². The van der Waals surface area contributed by atoms with Gasteiger partial charge in [-0.1, -0.05) is 6.92 Å². The van der Waals surface area contributed by atoms with Crippen molar-refractivity contribution in [1.29, 1.82) is 0 Å². The zero-order valence-corrected chi connectivity index (χ0v) is 11.4. The number of aryl methyl sites for hydroxylation is 1. The van der Waals surface area contributed by atoms with Gasteiger partial charge in [0, 0.05) is 26.3 Å². The van der Waals surface area contributed by atoms with Crippen LogP contribution < -0.4 is 16.0 Å². The first-order chi connectivity index (χ1) is 9.13. The molecule has 1 aromatic heterocycles. The number of morpholine rings is 1. The number of anilines is 2. The molecular weight excluding hydrogens is 246 g/mol. The van der Waals surface area contributed by atoms with Gasteiger partial charge in [-0.3, -0.25) is 9.48 Å². The lowest BCUT2D eigenvalue weighted by molar-refractivity contribution is -0.124. The molecule has 0 radical (unpaired) electrons. The highest BCUT2D eigenvalue weighted by Gasteiger charge is 2.31. The van der Waals surface area contributed by atoms with E-state index in [1.165, 1.54) is 0 Å². The summed E-state index contributed by atoms with van der Waals surface area (Å²) >= 11 is 0. The van der Waals surface area contributed by atoms with Gasteiger partial charge in [0.15, 0.2) is 5.82 Å². The van der Waals surface area contributed by atoms with Crippen LogP contribution in [0.2, 0.25) is 0 Å². The number of rotatable bonds is 4. The molecule has 3 N–H and O–H groups in total. The van der Waals surface area contributed by atoms with Crippen molar-refractivity contribution in [2.24, 2.45) is 7.05 Å². The summed E-state index contributed by atoms with van der Waals surface area (Å²) in [5.41, 5.74) is 6.52. The van der Waals surface area contributed by atoms with Crippen LogP contribution >= 0.6 is 0 Å². The highest BCUT2D eigenvalue weighted by Crippen LogP contribution is 2.24. The van der Waals surface area contributed by atoms with Crippen LogP contribution in [0.3, 0.4) is 0 Å². The van der Waals surface area contributed by atoms with Crippen LogP contribution in [0.25, 0.3) is 0 Å². The number of nitrogens with one attached hydrogen (secondary N) is 1. The van der Waals surface area contributed by atoms with E-state index in [1.54, 1.807) is 10.9 Å². The molecule has 1 aliphatic rings. The first-order valence-electron chi connectivity index (χ1n) is 6.54. The van der Waals surface area contributed by atoms with Crippen molar-refractivity contribution in [2.75, 3.05) is 36.9 Å². The summed E-state index contributed by atoms with van der Waals surface area (Å²) in [7, 11) is 1.81. The van der Waals surface area contributed by atoms with Crippen LogP contribution in [0.5, 0.6) is 0 Å². The Labute approximate surface area is 112 Å². The van der Waals surface area contributed by atoms with E-state index in [0.29, 0.717) is 37.8 Å². The molecule has 0 aliphatic carbocycles. The second kappa shape index (κ2) is 5.92. The number of nitrogens with two attached hydrogens (primary N) is 1. The molecule has 1 unspecified atom stereocenters. The maximum atomic E-state index is 12.2. The van der Waals surface area contributed by atoms with Gasteiger partial charge in [0.05, 0.1) is 18.9 Å². The molecule has 1 amide bonds. The van der Waals surface area contributed by atoms with E-state index >= 15 is 0 Å². The highest BCUT2D eigenvalue weighted by atomic mass is 16.5. The second-order valence-electron chi connectivity index (χ2n) is 4.66. The fourth-order valence-corrected chi connectivity index (χ4v) is 2.16.